The lowest BCUT2D eigenvalue weighted by Gasteiger charge is -2.37. The van der Waals surface area contributed by atoms with Crippen LogP contribution in [0.3, 0.4) is 0 Å². The smallest absolute Gasteiger partial charge is 0.191 e. The van der Waals surface area contributed by atoms with Crippen molar-refractivity contribution < 1.29 is 0 Å². The second kappa shape index (κ2) is 11.0. The van der Waals surface area contributed by atoms with Gasteiger partial charge in [0.2, 0.25) is 0 Å². The molecule has 2 atom stereocenters. The molecule has 1 heterocycles. The third-order valence-corrected chi connectivity index (χ3v) is 5.90. The van der Waals surface area contributed by atoms with Gasteiger partial charge in [-0.1, -0.05) is 32.1 Å². The number of piperazine rings is 1. The molecule has 0 aromatic rings. The van der Waals surface area contributed by atoms with Gasteiger partial charge in [0.25, 0.3) is 0 Å². The van der Waals surface area contributed by atoms with Gasteiger partial charge in [-0.15, -0.1) is 0 Å². The monoisotopic (exact) mass is 351 g/mol. The number of hydrogen-bond donors (Lipinski definition) is 2. The van der Waals surface area contributed by atoms with Crippen LogP contribution < -0.4 is 10.6 Å². The summed E-state index contributed by atoms with van der Waals surface area (Å²) in [6, 6.07) is 1.01. The molecule has 0 bridgehead atoms. The molecule has 1 aliphatic carbocycles. The molecule has 1 saturated heterocycles. The molecule has 0 aromatic carbocycles. The van der Waals surface area contributed by atoms with E-state index in [1.54, 1.807) is 0 Å². The summed E-state index contributed by atoms with van der Waals surface area (Å²) in [5.74, 6) is 1.95. The van der Waals surface area contributed by atoms with Gasteiger partial charge < -0.3 is 15.5 Å². The van der Waals surface area contributed by atoms with E-state index >= 15 is 0 Å². The third kappa shape index (κ3) is 7.53. The maximum Gasteiger partial charge on any atom is 0.191 e. The van der Waals surface area contributed by atoms with Crippen molar-refractivity contribution in [3.05, 3.63) is 0 Å². The van der Waals surface area contributed by atoms with E-state index in [0.29, 0.717) is 12.1 Å². The SMILES string of the molecule is CCNC(=NCC1CN(C)CCN1C)NC(C)CCC1CCCCC1. The first-order valence-corrected chi connectivity index (χ1v) is 10.5. The lowest BCUT2D eigenvalue weighted by molar-refractivity contribution is 0.119. The van der Waals surface area contributed by atoms with Crippen LogP contribution in [0.15, 0.2) is 4.99 Å². The van der Waals surface area contributed by atoms with E-state index in [1.807, 2.05) is 0 Å². The van der Waals surface area contributed by atoms with Crippen molar-refractivity contribution in [1.82, 2.24) is 20.4 Å². The minimum atomic E-state index is 0.492. The van der Waals surface area contributed by atoms with Crippen molar-refractivity contribution in [1.29, 1.82) is 0 Å². The Hall–Kier alpha value is -0.810. The topological polar surface area (TPSA) is 42.9 Å². The van der Waals surface area contributed by atoms with Gasteiger partial charge in [-0.2, -0.15) is 0 Å². The van der Waals surface area contributed by atoms with Crippen molar-refractivity contribution in [2.75, 3.05) is 46.8 Å². The van der Waals surface area contributed by atoms with E-state index in [2.05, 4.69) is 48.4 Å². The van der Waals surface area contributed by atoms with Crippen LogP contribution in [0, 0.1) is 5.92 Å². The number of hydrogen-bond acceptors (Lipinski definition) is 3. The van der Waals surface area contributed by atoms with Gasteiger partial charge in [-0.25, -0.2) is 0 Å². The highest BCUT2D eigenvalue weighted by atomic mass is 15.3. The van der Waals surface area contributed by atoms with Crippen LogP contribution in [0.1, 0.15) is 58.8 Å². The van der Waals surface area contributed by atoms with Crippen molar-refractivity contribution >= 4 is 5.96 Å². The van der Waals surface area contributed by atoms with E-state index in [0.717, 1.165) is 44.6 Å². The number of aliphatic imine (C=N–C) groups is 1. The largest absolute Gasteiger partial charge is 0.357 e. The quantitative estimate of drug-likeness (QED) is 0.546. The Balaban J connectivity index is 1.77. The van der Waals surface area contributed by atoms with Crippen molar-refractivity contribution in [2.24, 2.45) is 10.9 Å². The first kappa shape index (κ1) is 20.5. The van der Waals surface area contributed by atoms with Gasteiger partial charge in [-0.05, 0) is 46.7 Å². The van der Waals surface area contributed by atoms with E-state index in [9.17, 15) is 0 Å². The minimum Gasteiger partial charge on any atom is -0.357 e. The second-order valence-electron chi connectivity index (χ2n) is 8.24. The van der Waals surface area contributed by atoms with Crippen molar-refractivity contribution in [3.8, 4) is 0 Å². The first-order valence-electron chi connectivity index (χ1n) is 10.5. The van der Waals surface area contributed by atoms with Gasteiger partial charge in [0.05, 0.1) is 6.54 Å². The molecular formula is C20H41N5. The molecule has 25 heavy (non-hydrogen) atoms. The van der Waals surface area contributed by atoms with Gasteiger partial charge in [-0.3, -0.25) is 9.89 Å². The fourth-order valence-corrected chi connectivity index (χ4v) is 4.08. The standard InChI is InChI=1S/C20H41N5/c1-5-21-20(22-15-19-16-24(3)13-14-25(19)4)23-17(2)11-12-18-9-7-6-8-10-18/h17-19H,5-16H2,1-4H3,(H2,21,22,23). The number of nitrogens with zero attached hydrogens (tertiary/aromatic N) is 3. The lowest BCUT2D eigenvalue weighted by Crippen LogP contribution is -2.52. The maximum absolute atomic E-state index is 4.88. The molecule has 0 aromatic heterocycles. The summed E-state index contributed by atoms with van der Waals surface area (Å²) in [5, 5.41) is 7.05. The molecule has 5 nitrogen and oxygen atoms in total. The normalized spacial score (nSPS) is 25.8. The van der Waals surface area contributed by atoms with E-state index in [-0.39, 0.29) is 0 Å². The molecular weight excluding hydrogens is 310 g/mol. The van der Waals surface area contributed by atoms with Gasteiger partial charge >= 0.3 is 0 Å². The molecule has 2 N–H and O–H groups in total. The van der Waals surface area contributed by atoms with Crippen LogP contribution in [0.25, 0.3) is 0 Å². The van der Waals surface area contributed by atoms with Gasteiger partial charge in [0.1, 0.15) is 0 Å². The second-order valence-corrected chi connectivity index (χ2v) is 8.24. The van der Waals surface area contributed by atoms with Crippen LogP contribution in [0.5, 0.6) is 0 Å². The summed E-state index contributed by atoms with van der Waals surface area (Å²) in [6.07, 6.45) is 9.85. The Morgan fingerprint density at radius 3 is 2.64 bits per heavy atom. The maximum atomic E-state index is 4.88. The van der Waals surface area contributed by atoms with Gasteiger partial charge in [0.15, 0.2) is 5.96 Å². The Labute approximate surface area is 155 Å². The van der Waals surface area contributed by atoms with Crippen LogP contribution >= 0.6 is 0 Å². The number of guanidine groups is 1. The molecule has 146 valence electrons. The zero-order valence-corrected chi connectivity index (χ0v) is 17.1. The number of rotatable bonds is 7. The molecule has 2 unspecified atom stereocenters. The molecule has 5 heteroatoms. The number of nitrogens with one attached hydrogen (secondary N) is 2. The third-order valence-electron chi connectivity index (χ3n) is 5.90. The minimum absolute atomic E-state index is 0.492. The number of likely N-dealkylation sites (N-methyl/N-ethyl adjacent to an activating group) is 2. The highest BCUT2D eigenvalue weighted by Crippen LogP contribution is 2.27. The van der Waals surface area contributed by atoms with Crippen LogP contribution in [-0.4, -0.2) is 74.7 Å². The fraction of sp³-hybridized carbons (Fsp3) is 0.950. The molecule has 2 rings (SSSR count). The first-order chi connectivity index (χ1) is 12.1. The average molecular weight is 352 g/mol. The zero-order valence-electron chi connectivity index (χ0n) is 17.1. The molecule has 0 radical (unpaired) electrons. The average Bonchev–Trinajstić information content (AvgIpc) is 2.61. The molecule has 1 aliphatic heterocycles. The Morgan fingerprint density at radius 1 is 1.16 bits per heavy atom. The predicted octanol–water partition coefficient (Wildman–Crippen LogP) is 2.54. The molecule has 2 aliphatic rings. The molecule has 2 fully saturated rings. The predicted molar refractivity (Wildman–Crippen MR) is 108 cm³/mol. The summed E-state index contributed by atoms with van der Waals surface area (Å²) < 4.78 is 0. The van der Waals surface area contributed by atoms with Gasteiger partial charge in [0, 0.05) is 38.3 Å². The van der Waals surface area contributed by atoms with Crippen molar-refractivity contribution in [3.63, 3.8) is 0 Å². The van der Waals surface area contributed by atoms with E-state index in [1.165, 1.54) is 44.9 Å². The summed E-state index contributed by atoms with van der Waals surface area (Å²) in [6.45, 7) is 9.63. The molecule has 0 amide bonds. The van der Waals surface area contributed by atoms with Crippen LogP contribution in [0.2, 0.25) is 0 Å². The highest BCUT2D eigenvalue weighted by molar-refractivity contribution is 5.80. The lowest BCUT2D eigenvalue weighted by atomic mass is 9.85. The zero-order chi connectivity index (χ0) is 18.1. The fourth-order valence-electron chi connectivity index (χ4n) is 4.08. The van der Waals surface area contributed by atoms with Crippen LogP contribution in [-0.2, 0) is 0 Å². The van der Waals surface area contributed by atoms with Crippen LogP contribution in [0.4, 0.5) is 0 Å². The summed E-state index contributed by atoms with van der Waals surface area (Å²) in [7, 11) is 4.43. The van der Waals surface area contributed by atoms with E-state index < -0.39 is 0 Å². The highest BCUT2D eigenvalue weighted by Gasteiger charge is 2.22. The summed E-state index contributed by atoms with van der Waals surface area (Å²) in [5.41, 5.74) is 0. The molecule has 0 spiro atoms. The van der Waals surface area contributed by atoms with E-state index in [4.69, 9.17) is 4.99 Å². The Bertz CT molecular complexity index is 392. The Morgan fingerprint density at radius 2 is 1.92 bits per heavy atom. The summed E-state index contributed by atoms with van der Waals surface area (Å²) >= 11 is 0. The Kier molecular flexibility index (Phi) is 9.04. The van der Waals surface area contributed by atoms with Crippen molar-refractivity contribution in [2.45, 2.75) is 70.9 Å². The molecule has 1 saturated carbocycles. The summed E-state index contributed by atoms with van der Waals surface area (Å²) in [4.78, 5) is 9.74.